The number of rotatable bonds is 7. The minimum Gasteiger partial charge on any atom is -0.488 e. The number of carboxylic acids is 1. The molecule has 1 N–H and O–H groups in total. The molecule has 2 aliphatic carbocycles. The molecule has 1 aliphatic heterocycles. The highest BCUT2D eigenvalue weighted by Crippen LogP contribution is 2.48. The number of carboxylic acid groups (broad SMARTS) is 1. The van der Waals surface area contributed by atoms with Crippen LogP contribution in [0, 0.1) is 25.6 Å². The molecule has 0 spiro atoms. The van der Waals surface area contributed by atoms with E-state index >= 15 is 4.39 Å². The molecule has 3 aromatic rings. The van der Waals surface area contributed by atoms with Gasteiger partial charge in [0.05, 0.1) is 19.1 Å². The molecular weight excluding hydrogens is 471 g/mol. The van der Waals surface area contributed by atoms with Gasteiger partial charge >= 0.3 is 5.97 Å². The number of halogens is 1. The number of carbonyl (C=O) groups is 1. The van der Waals surface area contributed by atoms with Crippen LogP contribution in [0.5, 0.6) is 11.5 Å². The van der Waals surface area contributed by atoms with Gasteiger partial charge in [0, 0.05) is 12.0 Å². The molecule has 1 heterocycles. The van der Waals surface area contributed by atoms with Crippen LogP contribution in [-0.2, 0) is 16.0 Å². The molecule has 3 aromatic carbocycles. The lowest BCUT2D eigenvalue weighted by Crippen LogP contribution is -2.15. The van der Waals surface area contributed by atoms with Crippen molar-refractivity contribution >= 4 is 5.97 Å². The van der Waals surface area contributed by atoms with Gasteiger partial charge in [0.25, 0.3) is 0 Å². The molecule has 6 heteroatoms. The maximum atomic E-state index is 15.2. The highest BCUT2D eigenvalue weighted by molar-refractivity contribution is 5.77. The third-order valence-corrected chi connectivity index (χ3v) is 7.94. The zero-order valence-corrected chi connectivity index (χ0v) is 21.1. The zero-order chi connectivity index (χ0) is 25.7. The fourth-order valence-corrected chi connectivity index (χ4v) is 6.03. The standard InChI is InChI=1S/C31H31FO5/c1-17-13-22(36-21-11-12-35-16-21)14-18(2)29(17)23-7-9-27(32)30-24(23)8-10-28(30)37-20-5-3-19(4-6-20)25-15-26(25)31(33)34/h3-7,9,13-14,21,25-26,28H,8,10-12,15-16H2,1-2H3,(H,33,34)/t21?,25-,26+,28-/m1/s1. The number of hydrogen-bond donors (Lipinski definition) is 1. The monoisotopic (exact) mass is 502 g/mol. The van der Waals surface area contributed by atoms with Crippen LogP contribution in [0.2, 0.25) is 0 Å². The molecule has 1 unspecified atom stereocenters. The second-order valence-electron chi connectivity index (χ2n) is 10.5. The molecule has 1 saturated carbocycles. The number of fused-ring (bicyclic) bond motifs is 1. The van der Waals surface area contributed by atoms with E-state index in [-0.39, 0.29) is 29.9 Å². The van der Waals surface area contributed by atoms with E-state index in [1.165, 1.54) is 0 Å². The van der Waals surface area contributed by atoms with Crippen molar-refractivity contribution in [3.05, 3.63) is 82.2 Å². The highest BCUT2D eigenvalue weighted by atomic mass is 19.1. The molecule has 0 radical (unpaired) electrons. The van der Waals surface area contributed by atoms with Crippen molar-refractivity contribution in [3.8, 4) is 22.6 Å². The quantitative estimate of drug-likeness (QED) is 0.398. The summed E-state index contributed by atoms with van der Waals surface area (Å²) in [4.78, 5) is 11.2. The van der Waals surface area contributed by atoms with Gasteiger partial charge in [-0.25, -0.2) is 4.39 Å². The minimum absolute atomic E-state index is 0.0773. The maximum Gasteiger partial charge on any atom is 0.307 e. The van der Waals surface area contributed by atoms with Crippen molar-refractivity contribution in [2.45, 2.75) is 57.7 Å². The first-order valence-corrected chi connectivity index (χ1v) is 13.1. The summed E-state index contributed by atoms with van der Waals surface area (Å²) in [5.74, 6) is 0.327. The molecule has 5 nitrogen and oxygen atoms in total. The van der Waals surface area contributed by atoms with Gasteiger partial charge in [0.1, 0.15) is 29.5 Å². The van der Waals surface area contributed by atoms with Crippen LogP contribution < -0.4 is 9.47 Å². The normalized spacial score (nSPS) is 24.1. The van der Waals surface area contributed by atoms with Crippen LogP contribution in [0.1, 0.15) is 59.1 Å². The zero-order valence-electron chi connectivity index (χ0n) is 21.1. The van der Waals surface area contributed by atoms with Crippen molar-refractivity contribution < 1.29 is 28.5 Å². The first-order valence-electron chi connectivity index (χ1n) is 13.1. The Hall–Kier alpha value is -3.38. The second kappa shape index (κ2) is 9.49. The van der Waals surface area contributed by atoms with E-state index in [0.29, 0.717) is 30.8 Å². The predicted molar refractivity (Wildman–Crippen MR) is 138 cm³/mol. The van der Waals surface area contributed by atoms with Crippen molar-refractivity contribution in [3.63, 3.8) is 0 Å². The molecule has 2 fully saturated rings. The Morgan fingerprint density at radius 3 is 2.41 bits per heavy atom. The second-order valence-corrected chi connectivity index (χ2v) is 10.5. The van der Waals surface area contributed by atoms with Gasteiger partial charge in [-0.2, -0.15) is 0 Å². The van der Waals surface area contributed by atoms with Crippen molar-refractivity contribution in [2.24, 2.45) is 5.92 Å². The van der Waals surface area contributed by atoms with Crippen LogP contribution in [0.3, 0.4) is 0 Å². The fourth-order valence-electron chi connectivity index (χ4n) is 6.03. The van der Waals surface area contributed by atoms with Crippen molar-refractivity contribution in [1.82, 2.24) is 0 Å². The summed E-state index contributed by atoms with van der Waals surface area (Å²) in [5.41, 5.74) is 7.03. The van der Waals surface area contributed by atoms with E-state index in [2.05, 4.69) is 26.0 Å². The molecule has 4 atom stereocenters. The Labute approximate surface area is 216 Å². The van der Waals surface area contributed by atoms with Crippen LogP contribution in [-0.4, -0.2) is 30.4 Å². The van der Waals surface area contributed by atoms with Gasteiger partial charge in [-0.3, -0.25) is 4.79 Å². The van der Waals surface area contributed by atoms with E-state index < -0.39 is 5.97 Å². The molecule has 0 bridgehead atoms. The van der Waals surface area contributed by atoms with Crippen LogP contribution in [0.25, 0.3) is 11.1 Å². The lowest BCUT2D eigenvalue weighted by atomic mass is 9.90. The number of ether oxygens (including phenoxy) is 3. The Morgan fingerprint density at radius 1 is 1.00 bits per heavy atom. The first kappa shape index (κ1) is 24.0. The molecular formula is C31H31FO5. The van der Waals surface area contributed by atoms with Gasteiger partial charge in [0.15, 0.2) is 0 Å². The van der Waals surface area contributed by atoms with E-state index in [1.54, 1.807) is 6.07 Å². The van der Waals surface area contributed by atoms with E-state index in [0.717, 1.165) is 58.6 Å². The first-order chi connectivity index (χ1) is 17.9. The Kier molecular flexibility index (Phi) is 6.15. The Morgan fingerprint density at radius 2 is 1.76 bits per heavy atom. The molecule has 6 rings (SSSR count). The molecule has 37 heavy (non-hydrogen) atoms. The molecule has 192 valence electrons. The smallest absolute Gasteiger partial charge is 0.307 e. The summed E-state index contributed by atoms with van der Waals surface area (Å²) in [6.07, 6.45) is 2.76. The number of aryl methyl sites for hydroxylation is 2. The fraction of sp³-hybridized carbons (Fsp3) is 0.387. The summed E-state index contributed by atoms with van der Waals surface area (Å²) in [6, 6.07) is 15.2. The summed E-state index contributed by atoms with van der Waals surface area (Å²) >= 11 is 0. The lowest BCUT2D eigenvalue weighted by Gasteiger charge is -2.20. The van der Waals surface area contributed by atoms with Crippen LogP contribution in [0.15, 0.2) is 48.5 Å². The topological polar surface area (TPSA) is 65.0 Å². The largest absolute Gasteiger partial charge is 0.488 e. The summed E-state index contributed by atoms with van der Waals surface area (Å²) in [5, 5.41) is 9.19. The molecule has 0 aromatic heterocycles. The van der Waals surface area contributed by atoms with Crippen molar-refractivity contribution in [1.29, 1.82) is 0 Å². The summed E-state index contributed by atoms with van der Waals surface area (Å²) < 4.78 is 33.0. The summed E-state index contributed by atoms with van der Waals surface area (Å²) in [7, 11) is 0. The molecule has 3 aliphatic rings. The summed E-state index contributed by atoms with van der Waals surface area (Å²) in [6.45, 7) is 5.52. The minimum atomic E-state index is -0.741. The van der Waals surface area contributed by atoms with Crippen molar-refractivity contribution in [2.75, 3.05) is 13.2 Å². The SMILES string of the molecule is Cc1cc(OC2CCOC2)cc(C)c1-c1ccc(F)c2c1CC[C@H]2Oc1ccc([C@H]2C[C@@H]2C(=O)O)cc1. The number of hydrogen-bond acceptors (Lipinski definition) is 4. The van der Waals surface area contributed by atoms with Gasteiger partial charge in [-0.15, -0.1) is 0 Å². The third kappa shape index (κ3) is 4.59. The maximum absolute atomic E-state index is 15.2. The van der Waals surface area contributed by atoms with Gasteiger partial charge < -0.3 is 19.3 Å². The molecule has 1 saturated heterocycles. The van der Waals surface area contributed by atoms with Gasteiger partial charge in [0.2, 0.25) is 0 Å². The Balaban J connectivity index is 1.24. The van der Waals surface area contributed by atoms with Crippen LogP contribution in [0.4, 0.5) is 4.39 Å². The lowest BCUT2D eigenvalue weighted by molar-refractivity contribution is -0.138. The predicted octanol–water partition coefficient (Wildman–Crippen LogP) is 6.53. The number of aliphatic carboxylic acids is 1. The van der Waals surface area contributed by atoms with Crippen LogP contribution >= 0.6 is 0 Å². The average Bonchev–Trinajstić information content (AvgIpc) is 3.30. The van der Waals surface area contributed by atoms with E-state index in [1.807, 2.05) is 30.3 Å². The third-order valence-electron chi connectivity index (χ3n) is 7.94. The van der Waals surface area contributed by atoms with E-state index in [4.69, 9.17) is 14.2 Å². The average molecular weight is 503 g/mol. The Bertz CT molecular complexity index is 1320. The highest BCUT2D eigenvalue weighted by Gasteiger charge is 2.44. The van der Waals surface area contributed by atoms with E-state index in [9.17, 15) is 9.90 Å². The molecule has 0 amide bonds. The van der Waals surface area contributed by atoms with Gasteiger partial charge in [-0.1, -0.05) is 18.2 Å². The van der Waals surface area contributed by atoms with Gasteiger partial charge in [-0.05, 0) is 103 Å². The number of benzene rings is 3.